The molecule has 0 aliphatic carbocycles. The van der Waals surface area contributed by atoms with Crippen molar-refractivity contribution in [2.45, 2.75) is 32.4 Å². The number of halogens is 4. The van der Waals surface area contributed by atoms with Crippen LogP contribution in [0.4, 0.5) is 24.9 Å². The van der Waals surface area contributed by atoms with E-state index >= 15 is 0 Å². The van der Waals surface area contributed by atoms with Crippen LogP contribution in [0, 0.1) is 0 Å². The Hall–Kier alpha value is -2.91. The molecule has 0 aliphatic rings. The van der Waals surface area contributed by atoms with Crippen molar-refractivity contribution in [3.63, 3.8) is 0 Å². The Bertz CT molecular complexity index is 1110. The number of aliphatic imine (C=N–C) groups is 1. The van der Waals surface area contributed by atoms with Crippen LogP contribution in [0.2, 0.25) is 5.02 Å². The van der Waals surface area contributed by atoms with Crippen molar-refractivity contribution in [1.82, 2.24) is 9.97 Å². The number of nitrogens with two attached hydrogens (primary N) is 1. The zero-order valence-corrected chi connectivity index (χ0v) is 17.3. The van der Waals surface area contributed by atoms with Gasteiger partial charge in [0.1, 0.15) is 11.5 Å². The van der Waals surface area contributed by atoms with E-state index < -0.39 is 11.7 Å². The summed E-state index contributed by atoms with van der Waals surface area (Å²) in [5.74, 6) is 0.759. The van der Waals surface area contributed by atoms with Gasteiger partial charge < -0.3 is 15.6 Å². The highest BCUT2D eigenvalue weighted by Crippen LogP contribution is 2.37. The standard InChI is InChI=1S/C21H20ClF3N4O2/c1-2-3-13(8-9-30)27-19-15-11-14(5-6-17(15)28-20(26)29-19)31-18-7-4-12(10-16(18)22)21(23,24)25/h4-7,10-11,30H,2-3,8-9H2,1H3,(H2,26,28,29). The fourth-order valence-electron chi connectivity index (χ4n) is 2.95. The molecule has 1 heterocycles. The van der Waals surface area contributed by atoms with E-state index in [0.717, 1.165) is 30.3 Å². The molecule has 0 amide bonds. The maximum atomic E-state index is 12.8. The Morgan fingerprint density at radius 2 is 1.94 bits per heavy atom. The van der Waals surface area contributed by atoms with Gasteiger partial charge in [-0.15, -0.1) is 0 Å². The van der Waals surface area contributed by atoms with E-state index in [1.54, 1.807) is 18.2 Å². The third-order valence-electron chi connectivity index (χ3n) is 4.35. The molecule has 1 aromatic heterocycles. The van der Waals surface area contributed by atoms with E-state index in [1.165, 1.54) is 0 Å². The molecule has 164 valence electrons. The number of alkyl halides is 3. The number of nitrogen functional groups attached to an aromatic ring is 1. The first-order valence-electron chi connectivity index (χ1n) is 9.50. The average Bonchev–Trinajstić information content (AvgIpc) is 2.69. The zero-order valence-electron chi connectivity index (χ0n) is 16.6. The van der Waals surface area contributed by atoms with Gasteiger partial charge in [0.2, 0.25) is 5.95 Å². The highest BCUT2D eigenvalue weighted by Gasteiger charge is 2.31. The fourth-order valence-corrected chi connectivity index (χ4v) is 3.17. The van der Waals surface area contributed by atoms with Gasteiger partial charge in [0.15, 0.2) is 5.82 Å². The summed E-state index contributed by atoms with van der Waals surface area (Å²) >= 11 is 5.98. The number of hydrogen-bond acceptors (Lipinski definition) is 6. The van der Waals surface area contributed by atoms with Gasteiger partial charge in [0, 0.05) is 24.1 Å². The fraction of sp³-hybridized carbons (Fsp3) is 0.286. The summed E-state index contributed by atoms with van der Waals surface area (Å²) in [4.78, 5) is 12.9. The van der Waals surface area contributed by atoms with Crippen LogP contribution >= 0.6 is 11.6 Å². The number of anilines is 1. The molecule has 0 unspecified atom stereocenters. The lowest BCUT2D eigenvalue weighted by Crippen LogP contribution is -2.04. The lowest BCUT2D eigenvalue weighted by atomic mass is 10.1. The van der Waals surface area contributed by atoms with Gasteiger partial charge in [-0.25, -0.2) is 9.98 Å². The Morgan fingerprint density at radius 1 is 1.16 bits per heavy atom. The second kappa shape index (κ2) is 9.49. The molecule has 0 atom stereocenters. The van der Waals surface area contributed by atoms with E-state index in [-0.39, 0.29) is 23.3 Å². The summed E-state index contributed by atoms with van der Waals surface area (Å²) in [6.45, 7) is 1.96. The van der Waals surface area contributed by atoms with Gasteiger partial charge in [0.25, 0.3) is 0 Å². The molecule has 0 spiro atoms. The summed E-state index contributed by atoms with van der Waals surface area (Å²) in [7, 11) is 0. The number of aliphatic hydroxyl groups is 1. The van der Waals surface area contributed by atoms with Crippen LogP contribution in [0.15, 0.2) is 41.4 Å². The lowest BCUT2D eigenvalue weighted by molar-refractivity contribution is -0.137. The quantitative estimate of drug-likeness (QED) is 0.433. The van der Waals surface area contributed by atoms with Crippen molar-refractivity contribution in [2.24, 2.45) is 4.99 Å². The van der Waals surface area contributed by atoms with Crippen LogP contribution in [-0.4, -0.2) is 27.4 Å². The van der Waals surface area contributed by atoms with E-state index in [9.17, 15) is 18.3 Å². The minimum absolute atomic E-state index is 0.0435. The van der Waals surface area contributed by atoms with Crippen molar-refractivity contribution in [2.75, 3.05) is 12.3 Å². The van der Waals surface area contributed by atoms with Crippen molar-refractivity contribution >= 4 is 40.0 Å². The molecule has 0 saturated carbocycles. The van der Waals surface area contributed by atoms with E-state index in [0.29, 0.717) is 35.3 Å². The number of rotatable bonds is 7. The molecule has 10 heteroatoms. The molecule has 0 bridgehead atoms. The minimum Gasteiger partial charge on any atom is -0.456 e. The summed E-state index contributed by atoms with van der Waals surface area (Å²) in [6, 6.07) is 7.72. The van der Waals surface area contributed by atoms with Crippen LogP contribution < -0.4 is 10.5 Å². The van der Waals surface area contributed by atoms with Crippen molar-refractivity contribution in [3.8, 4) is 11.5 Å². The highest BCUT2D eigenvalue weighted by atomic mass is 35.5. The number of hydrogen-bond donors (Lipinski definition) is 2. The number of aromatic nitrogens is 2. The molecule has 0 fully saturated rings. The second-order valence-electron chi connectivity index (χ2n) is 6.73. The van der Waals surface area contributed by atoms with E-state index in [2.05, 4.69) is 15.0 Å². The van der Waals surface area contributed by atoms with E-state index in [4.69, 9.17) is 22.1 Å². The van der Waals surface area contributed by atoms with Crippen LogP contribution in [-0.2, 0) is 6.18 Å². The Morgan fingerprint density at radius 3 is 2.58 bits per heavy atom. The molecule has 3 rings (SSSR count). The van der Waals surface area contributed by atoms with Crippen LogP contribution in [0.25, 0.3) is 10.9 Å². The maximum absolute atomic E-state index is 12.8. The largest absolute Gasteiger partial charge is 0.456 e. The average molecular weight is 453 g/mol. The number of fused-ring (bicyclic) bond motifs is 1. The summed E-state index contributed by atoms with van der Waals surface area (Å²) in [5.41, 5.74) is 6.22. The van der Waals surface area contributed by atoms with Crippen molar-refractivity contribution in [1.29, 1.82) is 0 Å². The Balaban J connectivity index is 2.00. The normalized spacial score (nSPS) is 12.4. The van der Waals surface area contributed by atoms with Crippen LogP contribution in [0.5, 0.6) is 11.5 Å². The number of nitrogens with zero attached hydrogens (tertiary/aromatic N) is 3. The van der Waals surface area contributed by atoms with Gasteiger partial charge in [-0.1, -0.05) is 24.9 Å². The highest BCUT2D eigenvalue weighted by molar-refractivity contribution is 6.32. The third kappa shape index (κ3) is 5.62. The Labute approximate surface area is 181 Å². The summed E-state index contributed by atoms with van der Waals surface area (Å²) < 4.78 is 44.2. The molecular weight excluding hydrogens is 433 g/mol. The SMILES string of the molecule is CCCC(CCO)=Nc1nc(N)nc2ccc(Oc3ccc(C(F)(F)F)cc3Cl)cc12. The topological polar surface area (TPSA) is 93.6 Å². The van der Waals surface area contributed by atoms with E-state index in [1.807, 2.05) is 6.92 Å². The van der Waals surface area contributed by atoms with Gasteiger partial charge in [0.05, 0.1) is 16.1 Å². The number of benzene rings is 2. The molecular formula is C21H20ClF3N4O2. The minimum atomic E-state index is -4.50. The number of aliphatic hydroxyl groups excluding tert-OH is 1. The van der Waals surface area contributed by atoms with Gasteiger partial charge in [-0.2, -0.15) is 18.2 Å². The maximum Gasteiger partial charge on any atom is 0.416 e. The molecule has 2 aromatic carbocycles. The summed E-state index contributed by atoms with van der Waals surface area (Å²) in [6.07, 6.45) is -2.57. The van der Waals surface area contributed by atoms with Crippen LogP contribution in [0.3, 0.4) is 0 Å². The lowest BCUT2D eigenvalue weighted by Gasteiger charge is -2.12. The van der Waals surface area contributed by atoms with Crippen molar-refractivity contribution in [3.05, 3.63) is 47.0 Å². The molecule has 0 radical (unpaired) electrons. The molecule has 3 N–H and O–H groups in total. The smallest absolute Gasteiger partial charge is 0.416 e. The first-order chi connectivity index (χ1) is 14.7. The zero-order chi connectivity index (χ0) is 22.6. The molecule has 0 saturated heterocycles. The predicted octanol–water partition coefficient (Wildman–Crippen LogP) is 5.93. The van der Waals surface area contributed by atoms with Gasteiger partial charge in [-0.3, -0.25) is 0 Å². The molecule has 0 aliphatic heterocycles. The Kier molecular flexibility index (Phi) is 6.97. The van der Waals surface area contributed by atoms with Crippen LogP contribution in [0.1, 0.15) is 31.7 Å². The monoisotopic (exact) mass is 452 g/mol. The molecule has 31 heavy (non-hydrogen) atoms. The van der Waals surface area contributed by atoms with Crippen molar-refractivity contribution < 1.29 is 23.0 Å². The predicted molar refractivity (Wildman–Crippen MR) is 114 cm³/mol. The molecule has 3 aromatic rings. The van der Waals surface area contributed by atoms with Gasteiger partial charge >= 0.3 is 6.18 Å². The molecule has 6 nitrogen and oxygen atoms in total. The third-order valence-corrected chi connectivity index (χ3v) is 4.65. The number of ether oxygens (including phenoxy) is 1. The summed E-state index contributed by atoms with van der Waals surface area (Å²) in [5, 5.41) is 9.64. The first kappa shape index (κ1) is 22.8. The first-order valence-corrected chi connectivity index (χ1v) is 9.88. The van der Waals surface area contributed by atoms with Gasteiger partial charge in [-0.05, 0) is 42.8 Å². The second-order valence-corrected chi connectivity index (χ2v) is 7.14.